The molecule has 4 heterocycles. The van der Waals surface area contributed by atoms with Crippen molar-refractivity contribution in [3.8, 4) is 0 Å². The highest BCUT2D eigenvalue weighted by Gasteiger charge is 2.82. The third-order valence-corrected chi connectivity index (χ3v) is 10.8. The summed E-state index contributed by atoms with van der Waals surface area (Å²) in [5, 5.41) is 24.1. The predicted octanol–water partition coefficient (Wildman–Crippen LogP) is 1.43. The van der Waals surface area contributed by atoms with Crippen LogP contribution in [0.4, 0.5) is 0 Å². The number of fused-ring (bicyclic) bond motifs is 3. The summed E-state index contributed by atoms with van der Waals surface area (Å²) in [4.78, 5) is 38.7. The van der Waals surface area contributed by atoms with Crippen molar-refractivity contribution in [2.45, 2.75) is 93.8 Å². The highest BCUT2D eigenvalue weighted by atomic mass is 16.9. The van der Waals surface area contributed by atoms with E-state index in [0.717, 1.165) is 6.29 Å². The molecule has 7 aliphatic rings. The Bertz CT molecular complexity index is 1180. The second kappa shape index (κ2) is 6.50. The van der Waals surface area contributed by atoms with Crippen molar-refractivity contribution in [2.75, 3.05) is 0 Å². The first kappa shape index (κ1) is 22.3. The van der Waals surface area contributed by atoms with Crippen molar-refractivity contribution >= 4 is 12.1 Å². The zero-order chi connectivity index (χ0) is 24.6. The van der Waals surface area contributed by atoms with Gasteiger partial charge in [0.1, 0.15) is 12.4 Å². The summed E-state index contributed by atoms with van der Waals surface area (Å²) in [6, 6.07) is 2.93. The van der Waals surface area contributed by atoms with Crippen LogP contribution in [0.2, 0.25) is 0 Å². The molecule has 9 heteroatoms. The lowest BCUT2D eigenvalue weighted by Crippen LogP contribution is -2.83. The molecule has 7 fully saturated rings. The van der Waals surface area contributed by atoms with Crippen molar-refractivity contribution in [1.29, 1.82) is 0 Å². The molecular formula is C26H30O9. The summed E-state index contributed by atoms with van der Waals surface area (Å²) in [7, 11) is 0. The van der Waals surface area contributed by atoms with Crippen LogP contribution in [0.1, 0.15) is 63.9 Å². The van der Waals surface area contributed by atoms with Crippen LogP contribution in [0.15, 0.2) is 27.6 Å². The molecule has 1 spiro atoms. The summed E-state index contributed by atoms with van der Waals surface area (Å²) in [5.74, 6) is -3.50. The molecule has 4 aliphatic carbocycles. The molecule has 188 valence electrons. The molecule has 11 atom stereocenters. The molecule has 0 aromatic carbocycles. The molecule has 3 saturated heterocycles. The first-order valence-electron chi connectivity index (χ1n) is 12.6. The van der Waals surface area contributed by atoms with Gasteiger partial charge in [-0.05, 0) is 50.2 Å². The standard InChI is InChI=1S/C26H30O9/c1-22-15(13-3-4-18(28)32-11-13)6-8-26(22,31)16-5-7-24-10-14-9-17(34-23(2,33-14)35-24)25(24,12-27)19(16)20(29)21(22)30/h3-4,11-12,14-17,19-20,29,31H,5-10H2,1-2H3/t14-,15+,16+,17+,19+,20-,22-,23-,24+,25+,26-/m0/s1. The fraction of sp³-hybridized carbons (Fsp3) is 0.731. The molecule has 4 bridgehead atoms. The number of ketones is 1. The maximum Gasteiger partial charge on any atom is 0.335 e. The van der Waals surface area contributed by atoms with Crippen molar-refractivity contribution in [3.05, 3.63) is 34.4 Å². The van der Waals surface area contributed by atoms with Gasteiger partial charge in [-0.3, -0.25) is 4.79 Å². The van der Waals surface area contributed by atoms with E-state index in [2.05, 4.69) is 0 Å². The van der Waals surface area contributed by atoms with Crippen molar-refractivity contribution < 1.29 is 38.4 Å². The van der Waals surface area contributed by atoms with Gasteiger partial charge in [-0.1, -0.05) is 0 Å². The first-order chi connectivity index (χ1) is 16.5. The van der Waals surface area contributed by atoms with Gasteiger partial charge in [-0.2, -0.15) is 0 Å². The predicted molar refractivity (Wildman–Crippen MR) is 117 cm³/mol. The van der Waals surface area contributed by atoms with Crippen LogP contribution in [0.5, 0.6) is 0 Å². The summed E-state index contributed by atoms with van der Waals surface area (Å²) >= 11 is 0. The molecule has 0 unspecified atom stereocenters. The molecule has 1 aromatic rings. The summed E-state index contributed by atoms with van der Waals surface area (Å²) < 4.78 is 23.5. The Kier molecular flexibility index (Phi) is 4.14. The van der Waals surface area contributed by atoms with Crippen LogP contribution in [-0.4, -0.2) is 57.8 Å². The number of ether oxygens (including phenoxy) is 3. The van der Waals surface area contributed by atoms with E-state index in [9.17, 15) is 24.6 Å². The topological polar surface area (TPSA) is 132 Å². The number of hydrogen-bond donors (Lipinski definition) is 2. The highest BCUT2D eigenvalue weighted by molar-refractivity contribution is 5.93. The molecule has 2 N–H and O–H groups in total. The largest absolute Gasteiger partial charge is 0.431 e. The Morgan fingerprint density at radius 3 is 2.60 bits per heavy atom. The van der Waals surface area contributed by atoms with Gasteiger partial charge in [0.25, 0.3) is 5.97 Å². The fourth-order valence-corrected chi connectivity index (χ4v) is 9.49. The minimum Gasteiger partial charge on any atom is -0.431 e. The molecular weight excluding hydrogens is 456 g/mol. The van der Waals surface area contributed by atoms with E-state index in [4.69, 9.17) is 18.6 Å². The maximum absolute atomic E-state index is 14.1. The number of carbonyl (C=O) groups is 2. The monoisotopic (exact) mass is 486 g/mol. The Balaban J connectivity index is 1.37. The average Bonchev–Trinajstić information content (AvgIpc) is 3.09. The van der Waals surface area contributed by atoms with Crippen LogP contribution in [0.25, 0.3) is 0 Å². The van der Waals surface area contributed by atoms with Crippen molar-refractivity contribution in [3.63, 3.8) is 0 Å². The summed E-state index contributed by atoms with van der Waals surface area (Å²) in [6.45, 7) is 3.43. The zero-order valence-electron chi connectivity index (χ0n) is 19.8. The minimum atomic E-state index is -1.47. The Hall–Kier alpha value is -1.91. The van der Waals surface area contributed by atoms with E-state index in [0.29, 0.717) is 44.1 Å². The molecule has 8 rings (SSSR count). The number of aldehydes is 1. The van der Waals surface area contributed by atoms with E-state index < -0.39 is 69.4 Å². The van der Waals surface area contributed by atoms with E-state index in [1.807, 2.05) is 0 Å². The lowest BCUT2D eigenvalue weighted by molar-refractivity contribution is -0.542. The average molecular weight is 487 g/mol. The third-order valence-electron chi connectivity index (χ3n) is 10.8. The van der Waals surface area contributed by atoms with Crippen molar-refractivity contribution in [2.24, 2.45) is 22.7 Å². The quantitative estimate of drug-likeness (QED) is 0.596. The van der Waals surface area contributed by atoms with E-state index in [-0.39, 0.29) is 6.10 Å². The summed E-state index contributed by atoms with van der Waals surface area (Å²) in [5.41, 5.74) is -4.77. The van der Waals surface area contributed by atoms with Crippen LogP contribution >= 0.6 is 0 Å². The van der Waals surface area contributed by atoms with Gasteiger partial charge in [0.05, 0.1) is 40.5 Å². The van der Waals surface area contributed by atoms with Crippen LogP contribution < -0.4 is 5.63 Å². The first-order valence-corrected chi connectivity index (χ1v) is 12.6. The second-order valence-corrected chi connectivity index (χ2v) is 11.9. The van der Waals surface area contributed by atoms with Gasteiger partial charge >= 0.3 is 5.63 Å². The second-order valence-electron chi connectivity index (χ2n) is 11.9. The molecule has 1 aromatic heterocycles. The van der Waals surface area contributed by atoms with Gasteiger partial charge in [0, 0.05) is 37.7 Å². The number of carbonyl (C=O) groups excluding carboxylic acids is 2. The third kappa shape index (κ3) is 2.31. The van der Waals surface area contributed by atoms with Gasteiger partial charge in [0.15, 0.2) is 5.78 Å². The normalized spacial score (nSPS) is 55.8. The van der Waals surface area contributed by atoms with Gasteiger partial charge in [0.2, 0.25) is 0 Å². The Morgan fingerprint density at radius 1 is 1.11 bits per heavy atom. The molecule has 9 nitrogen and oxygen atoms in total. The van der Waals surface area contributed by atoms with Gasteiger partial charge in [-0.25, -0.2) is 4.79 Å². The Morgan fingerprint density at radius 2 is 1.91 bits per heavy atom. The van der Waals surface area contributed by atoms with Gasteiger partial charge in [-0.15, -0.1) is 0 Å². The molecule has 35 heavy (non-hydrogen) atoms. The van der Waals surface area contributed by atoms with E-state index >= 15 is 0 Å². The zero-order valence-corrected chi connectivity index (χ0v) is 19.8. The SMILES string of the molecule is C[C@]12O[C@H]3C[C@@H](O1)[C@]1(C=O)[C@H]4[C@H](O)C(=O)[C@]5(C)[C@@H](c6ccc(=O)oc6)CC[C@]5(O)[C@@H]4CC[C@]1(C3)O2. The van der Waals surface area contributed by atoms with Crippen LogP contribution in [0, 0.1) is 22.7 Å². The van der Waals surface area contributed by atoms with E-state index in [1.54, 1.807) is 19.9 Å². The fourth-order valence-electron chi connectivity index (χ4n) is 9.49. The minimum absolute atomic E-state index is 0.120. The molecule has 4 saturated carbocycles. The number of aliphatic hydroxyl groups excluding tert-OH is 1. The van der Waals surface area contributed by atoms with E-state index in [1.165, 1.54) is 12.3 Å². The Labute approximate surface area is 201 Å². The number of Topliss-reactive ketones (excluding diaryl/α,β-unsaturated/α-hetero) is 1. The number of hydrogen-bond acceptors (Lipinski definition) is 9. The molecule has 3 aliphatic heterocycles. The van der Waals surface area contributed by atoms with Crippen LogP contribution in [0.3, 0.4) is 0 Å². The number of aliphatic hydroxyl groups is 2. The summed E-state index contributed by atoms with van der Waals surface area (Å²) in [6.07, 6.45) is 2.83. The smallest absolute Gasteiger partial charge is 0.335 e. The lowest BCUT2D eigenvalue weighted by atomic mass is 9.39. The molecule has 0 amide bonds. The molecule has 0 radical (unpaired) electrons. The maximum atomic E-state index is 14.1. The lowest BCUT2D eigenvalue weighted by Gasteiger charge is -2.73. The highest BCUT2D eigenvalue weighted by Crippen LogP contribution is 2.73. The van der Waals surface area contributed by atoms with Crippen LogP contribution in [-0.2, 0) is 23.8 Å². The van der Waals surface area contributed by atoms with Crippen molar-refractivity contribution in [1.82, 2.24) is 0 Å². The van der Waals surface area contributed by atoms with Gasteiger partial charge < -0.3 is 33.6 Å². The number of rotatable bonds is 2.